The number of likely N-dealkylation sites (tertiary alicyclic amines) is 1. The van der Waals surface area contributed by atoms with Gasteiger partial charge in [-0.15, -0.1) is 0 Å². The van der Waals surface area contributed by atoms with E-state index in [1.807, 2.05) is 24.8 Å². The zero-order valence-electron chi connectivity index (χ0n) is 20.4. The van der Waals surface area contributed by atoms with Crippen molar-refractivity contribution in [3.63, 3.8) is 0 Å². The fraction of sp³-hybridized carbons (Fsp3) is 0.519. The summed E-state index contributed by atoms with van der Waals surface area (Å²) in [6.45, 7) is 11.1. The minimum absolute atomic E-state index is 0.00514. The van der Waals surface area contributed by atoms with Crippen LogP contribution in [-0.2, 0) is 17.6 Å². The number of fused-ring (bicyclic) bond motifs is 1. The highest BCUT2D eigenvalue weighted by atomic mass is 16.5. The summed E-state index contributed by atoms with van der Waals surface area (Å²) in [4.78, 5) is 14.5. The number of nitrogens with two attached hydrogens (primary N) is 1. The van der Waals surface area contributed by atoms with Crippen molar-refractivity contribution < 1.29 is 14.3 Å². The number of hydrogen-bond acceptors (Lipinski definition) is 4. The van der Waals surface area contributed by atoms with Crippen molar-refractivity contribution in [2.24, 2.45) is 11.7 Å². The van der Waals surface area contributed by atoms with Crippen LogP contribution in [-0.4, -0.2) is 42.6 Å². The first-order valence-electron chi connectivity index (χ1n) is 11.8. The molecule has 0 bridgehead atoms. The Bertz CT molecular complexity index is 910. The van der Waals surface area contributed by atoms with Gasteiger partial charge in [-0.1, -0.05) is 51.1 Å². The third kappa shape index (κ3) is 5.09. The third-order valence-electron chi connectivity index (χ3n) is 6.37. The van der Waals surface area contributed by atoms with Crippen LogP contribution in [0.5, 0.6) is 11.5 Å². The number of carbonyl (C=O) groups is 1. The van der Waals surface area contributed by atoms with Crippen molar-refractivity contribution in [1.29, 1.82) is 0 Å². The molecule has 0 unspecified atom stereocenters. The van der Waals surface area contributed by atoms with Crippen molar-refractivity contribution in [1.82, 2.24) is 4.90 Å². The van der Waals surface area contributed by atoms with Crippen molar-refractivity contribution in [3.05, 3.63) is 59.2 Å². The van der Waals surface area contributed by atoms with Crippen molar-refractivity contribution in [3.8, 4) is 11.5 Å². The molecule has 0 spiro atoms. The molecule has 1 saturated heterocycles. The lowest BCUT2D eigenvalue weighted by Gasteiger charge is -2.25. The van der Waals surface area contributed by atoms with Gasteiger partial charge in [-0.05, 0) is 48.6 Å². The number of amides is 1. The lowest BCUT2D eigenvalue weighted by atomic mass is 9.90. The number of rotatable bonds is 5. The fourth-order valence-corrected chi connectivity index (χ4v) is 4.77. The first kappa shape index (κ1) is 24.1. The van der Waals surface area contributed by atoms with Gasteiger partial charge in [0.1, 0.15) is 6.10 Å². The van der Waals surface area contributed by atoms with Crippen LogP contribution in [0.3, 0.4) is 0 Å². The van der Waals surface area contributed by atoms with E-state index in [0.717, 1.165) is 30.9 Å². The molecule has 1 amide bonds. The molecule has 1 fully saturated rings. The lowest BCUT2D eigenvalue weighted by molar-refractivity contribution is -0.134. The second-order valence-corrected chi connectivity index (χ2v) is 9.34. The van der Waals surface area contributed by atoms with Gasteiger partial charge in [0.05, 0.1) is 12.6 Å². The Morgan fingerprint density at radius 3 is 2.22 bits per heavy atom. The van der Waals surface area contributed by atoms with Crippen LogP contribution in [0.15, 0.2) is 42.5 Å². The Kier molecular flexibility index (Phi) is 7.50. The summed E-state index contributed by atoms with van der Waals surface area (Å²) in [6, 6.07) is 14.7. The standard InChI is InChI=1S/C25H32N2O3.C2H6/c1-16-14-27(24(28)25(2,3)26)15-21(16)19-9-10-22(29-4)23(13-19)30-20-11-17-7-5-6-8-18(17)12-20;1-2/h5-10,13,16,20-21H,11-12,14-15,26H2,1-4H3;1-2H3/t16-,21+;/m0./s1. The predicted molar refractivity (Wildman–Crippen MR) is 129 cm³/mol. The zero-order chi connectivity index (χ0) is 23.5. The topological polar surface area (TPSA) is 64.8 Å². The Labute approximate surface area is 192 Å². The largest absolute Gasteiger partial charge is 0.493 e. The third-order valence-corrected chi connectivity index (χ3v) is 6.37. The molecule has 1 heterocycles. The minimum atomic E-state index is -0.847. The molecule has 1 aliphatic carbocycles. The van der Waals surface area contributed by atoms with Crippen molar-refractivity contribution >= 4 is 5.91 Å². The molecule has 2 aliphatic rings. The predicted octanol–water partition coefficient (Wildman–Crippen LogP) is 4.57. The molecule has 2 aromatic carbocycles. The van der Waals surface area contributed by atoms with Crippen LogP contribution < -0.4 is 15.2 Å². The summed E-state index contributed by atoms with van der Waals surface area (Å²) in [5.41, 5.74) is 9.11. The smallest absolute Gasteiger partial charge is 0.242 e. The van der Waals surface area contributed by atoms with Crippen molar-refractivity contribution in [2.45, 2.75) is 65.0 Å². The number of ether oxygens (including phenoxy) is 2. The van der Waals surface area contributed by atoms with E-state index in [4.69, 9.17) is 15.2 Å². The monoisotopic (exact) mass is 438 g/mol. The molecule has 4 rings (SSSR count). The maximum atomic E-state index is 12.7. The lowest BCUT2D eigenvalue weighted by Crippen LogP contribution is -2.50. The van der Waals surface area contributed by atoms with E-state index in [1.54, 1.807) is 21.0 Å². The summed E-state index contributed by atoms with van der Waals surface area (Å²) in [7, 11) is 1.67. The second-order valence-electron chi connectivity index (χ2n) is 9.34. The van der Waals surface area contributed by atoms with Crippen LogP contribution in [0, 0.1) is 5.92 Å². The molecule has 2 N–H and O–H groups in total. The molecular formula is C27H38N2O3. The quantitative estimate of drug-likeness (QED) is 0.743. The number of carbonyl (C=O) groups excluding carboxylic acids is 1. The maximum Gasteiger partial charge on any atom is 0.242 e. The molecule has 2 aromatic rings. The number of benzene rings is 2. The van der Waals surface area contributed by atoms with Gasteiger partial charge in [-0.25, -0.2) is 0 Å². The normalized spacial score (nSPS) is 20.4. The molecule has 5 heteroatoms. The van der Waals surface area contributed by atoms with Crippen LogP contribution in [0.1, 0.15) is 57.2 Å². The van der Waals surface area contributed by atoms with Crippen LogP contribution in [0.4, 0.5) is 0 Å². The Balaban J connectivity index is 0.00000141. The van der Waals surface area contributed by atoms with Gasteiger partial charge in [0, 0.05) is 31.8 Å². The minimum Gasteiger partial charge on any atom is -0.493 e. The van der Waals surface area contributed by atoms with Crippen LogP contribution >= 0.6 is 0 Å². The van der Waals surface area contributed by atoms with Gasteiger partial charge >= 0.3 is 0 Å². The van der Waals surface area contributed by atoms with E-state index >= 15 is 0 Å². The summed E-state index contributed by atoms with van der Waals surface area (Å²) in [5, 5.41) is 0. The number of nitrogens with zero attached hydrogens (tertiary/aromatic N) is 1. The zero-order valence-corrected chi connectivity index (χ0v) is 20.4. The highest BCUT2D eigenvalue weighted by Gasteiger charge is 2.38. The molecule has 1 aliphatic heterocycles. The second kappa shape index (κ2) is 9.95. The molecule has 0 aromatic heterocycles. The molecule has 2 atom stereocenters. The van der Waals surface area contributed by atoms with E-state index in [-0.39, 0.29) is 17.9 Å². The molecule has 32 heavy (non-hydrogen) atoms. The maximum absolute atomic E-state index is 12.7. The molecular weight excluding hydrogens is 400 g/mol. The Hall–Kier alpha value is -2.53. The van der Waals surface area contributed by atoms with Crippen LogP contribution in [0.2, 0.25) is 0 Å². The summed E-state index contributed by atoms with van der Waals surface area (Å²) in [6.07, 6.45) is 1.94. The van der Waals surface area contributed by atoms with Gasteiger partial charge in [-0.3, -0.25) is 4.79 Å². The summed E-state index contributed by atoms with van der Waals surface area (Å²) >= 11 is 0. The highest BCUT2D eigenvalue weighted by molar-refractivity contribution is 5.85. The van der Waals surface area contributed by atoms with Gasteiger partial charge in [0.25, 0.3) is 0 Å². The van der Waals surface area contributed by atoms with Crippen molar-refractivity contribution in [2.75, 3.05) is 20.2 Å². The van der Waals surface area contributed by atoms with E-state index in [2.05, 4.69) is 43.3 Å². The molecule has 174 valence electrons. The number of hydrogen-bond donors (Lipinski definition) is 1. The summed E-state index contributed by atoms with van der Waals surface area (Å²) < 4.78 is 12.0. The molecule has 0 saturated carbocycles. The van der Waals surface area contributed by atoms with E-state index in [0.29, 0.717) is 12.5 Å². The fourth-order valence-electron chi connectivity index (χ4n) is 4.77. The van der Waals surface area contributed by atoms with E-state index < -0.39 is 5.54 Å². The van der Waals surface area contributed by atoms with Gasteiger partial charge in [0.2, 0.25) is 5.91 Å². The average molecular weight is 439 g/mol. The SMILES string of the molecule is CC.COc1ccc([C@@H]2CN(C(=O)C(C)(C)N)C[C@@H]2C)cc1OC1Cc2ccccc2C1. The van der Waals surface area contributed by atoms with E-state index in [1.165, 1.54) is 16.7 Å². The molecule has 0 radical (unpaired) electrons. The first-order chi connectivity index (χ1) is 15.3. The first-order valence-corrected chi connectivity index (χ1v) is 11.8. The Morgan fingerprint density at radius 1 is 1.03 bits per heavy atom. The average Bonchev–Trinajstić information content (AvgIpc) is 3.36. The number of methoxy groups -OCH3 is 1. The van der Waals surface area contributed by atoms with Gasteiger partial charge < -0.3 is 20.1 Å². The van der Waals surface area contributed by atoms with Crippen LogP contribution in [0.25, 0.3) is 0 Å². The van der Waals surface area contributed by atoms with E-state index in [9.17, 15) is 4.79 Å². The van der Waals surface area contributed by atoms with Gasteiger partial charge in [-0.2, -0.15) is 0 Å². The summed E-state index contributed by atoms with van der Waals surface area (Å²) in [5.74, 6) is 2.14. The Morgan fingerprint density at radius 2 is 1.66 bits per heavy atom. The molecule has 5 nitrogen and oxygen atoms in total. The highest BCUT2D eigenvalue weighted by Crippen LogP contribution is 2.39. The van der Waals surface area contributed by atoms with Gasteiger partial charge in [0.15, 0.2) is 11.5 Å².